The number of benzene rings is 1. The van der Waals surface area contributed by atoms with Crippen LogP contribution in [0.15, 0.2) is 24.0 Å². The lowest BCUT2D eigenvalue weighted by Crippen LogP contribution is -2.87. The summed E-state index contributed by atoms with van der Waals surface area (Å²) in [6.07, 6.45) is 4.96. The van der Waals surface area contributed by atoms with Gasteiger partial charge in [-0.05, 0) is 44.0 Å². The molecule has 130 valence electrons. The van der Waals surface area contributed by atoms with Gasteiger partial charge in [-0.1, -0.05) is 6.07 Å². The lowest BCUT2D eigenvalue weighted by atomic mass is 9.36. The maximum Gasteiger partial charge on any atom is 0.307 e. The highest BCUT2D eigenvalue weighted by Crippen LogP contribution is 2.77. The fourth-order valence-electron chi connectivity index (χ4n) is 6.79. The van der Waals surface area contributed by atoms with E-state index >= 15 is 0 Å². The molecule has 5 heteroatoms. The molecule has 2 heterocycles. The van der Waals surface area contributed by atoms with Crippen molar-refractivity contribution in [2.75, 3.05) is 14.2 Å². The number of likely N-dealkylation sites (N-methyl/N-ethyl adjacent to an activating group) is 1. The van der Waals surface area contributed by atoms with E-state index in [9.17, 15) is 4.79 Å². The van der Waals surface area contributed by atoms with E-state index in [1.165, 1.54) is 18.1 Å². The number of rotatable bonds is 2. The fourth-order valence-corrected chi connectivity index (χ4v) is 6.79. The summed E-state index contributed by atoms with van der Waals surface area (Å²) in [5, 5.41) is 0. The van der Waals surface area contributed by atoms with Crippen molar-refractivity contribution in [3.63, 3.8) is 0 Å². The zero-order valence-corrected chi connectivity index (χ0v) is 14.7. The van der Waals surface area contributed by atoms with Gasteiger partial charge in [0.25, 0.3) is 0 Å². The summed E-state index contributed by atoms with van der Waals surface area (Å²) in [7, 11) is 3.93. The monoisotopic (exact) mass is 339 g/mol. The van der Waals surface area contributed by atoms with Crippen LogP contribution in [0.4, 0.5) is 0 Å². The van der Waals surface area contributed by atoms with Gasteiger partial charge in [0.05, 0.1) is 12.5 Å². The SMILES string of the molecule is COc1ccc2c3c1OC1C(OC(C)=O)=CCC45C[C@]31C4C(C2)N5C. The number of fused-ring (bicyclic) bond motifs is 1. The highest BCUT2D eigenvalue weighted by atomic mass is 16.6. The summed E-state index contributed by atoms with van der Waals surface area (Å²) >= 11 is 0. The van der Waals surface area contributed by atoms with Gasteiger partial charge in [-0.25, -0.2) is 0 Å². The van der Waals surface area contributed by atoms with E-state index in [0.29, 0.717) is 17.7 Å². The van der Waals surface area contributed by atoms with Crippen molar-refractivity contribution in [2.45, 2.75) is 49.3 Å². The van der Waals surface area contributed by atoms with Crippen LogP contribution in [0.2, 0.25) is 0 Å². The molecule has 2 spiro atoms. The first-order valence-corrected chi connectivity index (χ1v) is 9.01. The molecule has 0 amide bonds. The Hall–Kier alpha value is -2.01. The number of methoxy groups -OCH3 is 1. The van der Waals surface area contributed by atoms with Crippen molar-refractivity contribution >= 4 is 5.97 Å². The fraction of sp³-hybridized carbons (Fsp3) is 0.550. The lowest BCUT2D eigenvalue weighted by Gasteiger charge is -2.78. The first-order chi connectivity index (χ1) is 12.0. The molecule has 2 bridgehead atoms. The molecule has 0 aromatic heterocycles. The zero-order valence-electron chi connectivity index (χ0n) is 14.7. The average molecular weight is 339 g/mol. The molecule has 5 nitrogen and oxygen atoms in total. The van der Waals surface area contributed by atoms with Gasteiger partial charge in [0, 0.05) is 30.0 Å². The van der Waals surface area contributed by atoms with Crippen LogP contribution in [-0.2, 0) is 21.4 Å². The molecule has 1 aromatic rings. The number of nitrogens with zero attached hydrogens (tertiary/aromatic N) is 1. The van der Waals surface area contributed by atoms with Crippen molar-refractivity contribution < 1.29 is 19.0 Å². The standard InChI is InChI=1S/C20H21NO4/c1-10(22)24-14-6-7-19-9-20-15-11(8-12(17(19)20)21(19)2)4-5-13(23-3)16(15)25-18(14)20/h4-6,12,17-18H,7-9H2,1-3H3/t12?,17?,18?,19?,20-/m1/s1. The van der Waals surface area contributed by atoms with E-state index < -0.39 is 0 Å². The first-order valence-electron chi connectivity index (χ1n) is 9.01. The van der Waals surface area contributed by atoms with Gasteiger partial charge >= 0.3 is 5.97 Å². The molecule has 0 N–H and O–H groups in total. The number of hydrogen-bond donors (Lipinski definition) is 0. The third-order valence-electron chi connectivity index (χ3n) is 7.52. The van der Waals surface area contributed by atoms with Gasteiger partial charge in [0.1, 0.15) is 5.76 Å². The molecule has 4 aliphatic carbocycles. The third-order valence-corrected chi connectivity index (χ3v) is 7.52. The minimum Gasteiger partial charge on any atom is -0.493 e. The number of likely N-dealkylation sites (tertiary alicyclic amines) is 1. The van der Waals surface area contributed by atoms with E-state index in [1.54, 1.807) is 7.11 Å². The largest absolute Gasteiger partial charge is 0.493 e. The molecule has 5 atom stereocenters. The minimum absolute atomic E-state index is 0.0631. The molecule has 1 saturated heterocycles. The van der Waals surface area contributed by atoms with Crippen LogP contribution >= 0.6 is 0 Å². The van der Waals surface area contributed by atoms with Crippen LogP contribution in [0.5, 0.6) is 11.5 Å². The molecule has 25 heavy (non-hydrogen) atoms. The van der Waals surface area contributed by atoms with Gasteiger partial charge in [0.2, 0.25) is 0 Å². The number of hydrogen-bond acceptors (Lipinski definition) is 5. The molecule has 1 saturated carbocycles. The van der Waals surface area contributed by atoms with Crippen molar-refractivity contribution in [2.24, 2.45) is 5.92 Å². The Labute approximate surface area is 146 Å². The second-order valence-electron chi connectivity index (χ2n) is 8.21. The molecule has 4 unspecified atom stereocenters. The van der Waals surface area contributed by atoms with Crippen LogP contribution in [0, 0.1) is 5.92 Å². The smallest absolute Gasteiger partial charge is 0.307 e. The average Bonchev–Trinajstić information content (AvgIpc) is 2.80. The van der Waals surface area contributed by atoms with Crippen LogP contribution < -0.4 is 9.47 Å². The predicted octanol–water partition coefficient (Wildman–Crippen LogP) is 2.17. The molecular formula is C20H21NO4. The summed E-state index contributed by atoms with van der Waals surface area (Å²) in [6.45, 7) is 1.46. The quantitative estimate of drug-likeness (QED) is 0.773. The third kappa shape index (κ3) is 1.28. The van der Waals surface area contributed by atoms with Crippen molar-refractivity contribution in [3.05, 3.63) is 35.1 Å². The summed E-state index contributed by atoms with van der Waals surface area (Å²) in [6, 6.07) is 4.76. The maximum atomic E-state index is 11.7. The summed E-state index contributed by atoms with van der Waals surface area (Å²) in [5.41, 5.74) is 2.83. The highest BCUT2D eigenvalue weighted by Gasteiger charge is 2.82. The maximum absolute atomic E-state index is 11.7. The predicted molar refractivity (Wildman–Crippen MR) is 89.6 cm³/mol. The molecule has 7 rings (SSSR count). The Morgan fingerprint density at radius 2 is 2.24 bits per heavy atom. The number of carbonyl (C=O) groups is 1. The van der Waals surface area contributed by atoms with Crippen molar-refractivity contribution in [1.29, 1.82) is 0 Å². The lowest BCUT2D eigenvalue weighted by molar-refractivity contribution is -0.256. The Bertz CT molecular complexity index is 877. The van der Waals surface area contributed by atoms with Crippen LogP contribution in [0.1, 0.15) is 30.9 Å². The van der Waals surface area contributed by atoms with E-state index in [0.717, 1.165) is 30.8 Å². The van der Waals surface area contributed by atoms with E-state index in [-0.39, 0.29) is 23.0 Å². The molecule has 2 aliphatic heterocycles. The van der Waals surface area contributed by atoms with Crippen molar-refractivity contribution in [3.8, 4) is 11.5 Å². The molecule has 2 fully saturated rings. The first kappa shape index (κ1) is 14.2. The Kier molecular flexibility index (Phi) is 2.29. The van der Waals surface area contributed by atoms with Crippen molar-refractivity contribution in [1.82, 2.24) is 4.90 Å². The normalized spacial score (nSPS) is 41.4. The van der Waals surface area contributed by atoms with Gasteiger partial charge in [0.15, 0.2) is 17.6 Å². The van der Waals surface area contributed by atoms with Gasteiger partial charge in [-0.2, -0.15) is 0 Å². The summed E-state index contributed by atoms with van der Waals surface area (Å²) in [4.78, 5) is 14.2. The second kappa shape index (κ2) is 4.04. The number of piperidine rings is 1. The van der Waals surface area contributed by atoms with Crippen LogP contribution in [0.25, 0.3) is 0 Å². The summed E-state index contributed by atoms with van der Waals surface area (Å²) in [5.74, 6) is 2.63. The van der Waals surface area contributed by atoms with Gasteiger partial charge < -0.3 is 14.2 Å². The number of esters is 1. The molecule has 1 aromatic carbocycles. The zero-order chi connectivity index (χ0) is 17.1. The molecular weight excluding hydrogens is 318 g/mol. The van der Waals surface area contributed by atoms with Crippen LogP contribution in [0.3, 0.4) is 0 Å². The Morgan fingerprint density at radius 3 is 3.00 bits per heavy atom. The second-order valence-corrected chi connectivity index (χ2v) is 8.21. The Morgan fingerprint density at radius 1 is 1.40 bits per heavy atom. The van der Waals surface area contributed by atoms with Gasteiger partial charge in [-0.15, -0.1) is 0 Å². The van der Waals surface area contributed by atoms with Crippen LogP contribution in [-0.4, -0.2) is 42.7 Å². The number of carbonyl (C=O) groups excluding carboxylic acids is 1. The minimum atomic E-state index is -0.279. The molecule has 6 aliphatic rings. The molecule has 0 radical (unpaired) electrons. The van der Waals surface area contributed by atoms with E-state index in [4.69, 9.17) is 14.2 Å². The van der Waals surface area contributed by atoms with E-state index in [2.05, 4.69) is 24.1 Å². The summed E-state index contributed by atoms with van der Waals surface area (Å²) < 4.78 is 17.7. The van der Waals surface area contributed by atoms with E-state index in [1.807, 2.05) is 6.07 Å². The Balaban J connectivity index is 1.60. The topological polar surface area (TPSA) is 48.0 Å². The number of ether oxygens (including phenoxy) is 3. The highest BCUT2D eigenvalue weighted by molar-refractivity contribution is 5.70. The van der Waals surface area contributed by atoms with Gasteiger partial charge in [-0.3, -0.25) is 9.69 Å².